The topological polar surface area (TPSA) is 46.6 Å². The smallest absolute Gasteiger partial charge is 0.293 e. The molecule has 3 rings (SSSR count). The molecule has 0 unspecified atom stereocenters. The van der Waals surface area contributed by atoms with Gasteiger partial charge in [0.15, 0.2) is 0 Å². The number of thioether (sulfide) groups is 1. The third-order valence-electron chi connectivity index (χ3n) is 3.45. The Labute approximate surface area is 138 Å². The third-order valence-corrected chi connectivity index (χ3v) is 4.36. The summed E-state index contributed by atoms with van der Waals surface area (Å²) in [5, 5.41) is -0.243. The third kappa shape index (κ3) is 3.46. The molecule has 1 aliphatic heterocycles. The van der Waals surface area contributed by atoms with Crippen molar-refractivity contribution >= 4 is 29.0 Å². The van der Waals surface area contributed by atoms with Gasteiger partial charge in [-0.3, -0.25) is 14.5 Å². The Morgan fingerprint density at radius 3 is 2.61 bits per heavy atom. The molecular weight excluding hydrogens is 310 g/mol. The molecule has 0 bridgehead atoms. The van der Waals surface area contributed by atoms with Crippen molar-refractivity contribution in [2.24, 2.45) is 0 Å². The highest BCUT2D eigenvalue weighted by Crippen LogP contribution is 2.33. The zero-order chi connectivity index (χ0) is 16.2. The Kier molecular flexibility index (Phi) is 4.48. The van der Waals surface area contributed by atoms with Crippen LogP contribution in [0, 0.1) is 0 Å². The molecule has 0 saturated carbocycles. The van der Waals surface area contributed by atoms with E-state index in [1.54, 1.807) is 13.2 Å². The predicted octanol–water partition coefficient (Wildman–Crippen LogP) is 3.93. The molecule has 0 aliphatic carbocycles. The minimum Gasteiger partial charge on any atom is -0.497 e. The van der Waals surface area contributed by atoms with Crippen molar-refractivity contribution in [3.05, 3.63) is 70.6 Å². The zero-order valence-corrected chi connectivity index (χ0v) is 13.4. The molecule has 2 amide bonds. The molecule has 4 nitrogen and oxygen atoms in total. The van der Waals surface area contributed by atoms with Crippen molar-refractivity contribution in [2.45, 2.75) is 6.54 Å². The number of imide groups is 1. The molecule has 2 aromatic carbocycles. The van der Waals surface area contributed by atoms with E-state index in [-0.39, 0.29) is 11.1 Å². The Bertz CT molecular complexity index is 771. The van der Waals surface area contributed by atoms with Crippen LogP contribution in [-0.4, -0.2) is 23.2 Å². The maximum atomic E-state index is 12.5. The lowest BCUT2D eigenvalue weighted by atomic mass is 10.2. The molecule has 1 saturated heterocycles. The van der Waals surface area contributed by atoms with Crippen LogP contribution in [0.3, 0.4) is 0 Å². The van der Waals surface area contributed by atoms with Crippen molar-refractivity contribution in [3.63, 3.8) is 0 Å². The molecule has 0 atom stereocenters. The number of hydrogen-bond donors (Lipinski definition) is 0. The van der Waals surface area contributed by atoms with Crippen LogP contribution < -0.4 is 4.74 Å². The lowest BCUT2D eigenvalue weighted by Gasteiger charge is -2.12. The normalized spacial score (nSPS) is 16.2. The van der Waals surface area contributed by atoms with Gasteiger partial charge in [-0.2, -0.15) is 0 Å². The van der Waals surface area contributed by atoms with Crippen LogP contribution >= 0.6 is 11.8 Å². The maximum absolute atomic E-state index is 12.5. The van der Waals surface area contributed by atoms with E-state index in [2.05, 4.69) is 0 Å². The van der Waals surface area contributed by atoms with Gasteiger partial charge >= 0.3 is 0 Å². The highest BCUT2D eigenvalue weighted by molar-refractivity contribution is 8.18. The first-order chi connectivity index (χ1) is 11.2. The molecular formula is C18H15NO3S. The Balaban J connectivity index is 1.81. The largest absolute Gasteiger partial charge is 0.497 e. The lowest BCUT2D eigenvalue weighted by molar-refractivity contribution is -0.123. The van der Waals surface area contributed by atoms with Gasteiger partial charge in [0.05, 0.1) is 18.6 Å². The van der Waals surface area contributed by atoms with Crippen molar-refractivity contribution in [1.29, 1.82) is 0 Å². The van der Waals surface area contributed by atoms with Crippen molar-refractivity contribution in [2.75, 3.05) is 7.11 Å². The number of nitrogens with zero attached hydrogens (tertiary/aromatic N) is 1. The van der Waals surface area contributed by atoms with Crippen LogP contribution in [0.15, 0.2) is 59.5 Å². The van der Waals surface area contributed by atoms with Gasteiger partial charge in [0.25, 0.3) is 11.1 Å². The van der Waals surface area contributed by atoms with E-state index >= 15 is 0 Å². The molecule has 23 heavy (non-hydrogen) atoms. The van der Waals surface area contributed by atoms with Crippen LogP contribution in [0.4, 0.5) is 4.79 Å². The van der Waals surface area contributed by atoms with Gasteiger partial charge in [-0.1, -0.05) is 42.5 Å². The molecule has 0 N–H and O–H groups in total. The molecule has 1 aliphatic rings. The van der Waals surface area contributed by atoms with Crippen LogP contribution in [-0.2, 0) is 11.3 Å². The average Bonchev–Trinajstić information content (AvgIpc) is 2.83. The van der Waals surface area contributed by atoms with Gasteiger partial charge < -0.3 is 4.74 Å². The van der Waals surface area contributed by atoms with Crippen LogP contribution in [0.1, 0.15) is 11.1 Å². The first kappa shape index (κ1) is 15.4. The van der Waals surface area contributed by atoms with E-state index < -0.39 is 0 Å². The molecule has 116 valence electrons. The van der Waals surface area contributed by atoms with Crippen LogP contribution in [0.5, 0.6) is 5.75 Å². The van der Waals surface area contributed by atoms with Gasteiger partial charge in [-0.05, 0) is 41.1 Å². The number of benzene rings is 2. The van der Waals surface area contributed by atoms with Gasteiger partial charge in [0.2, 0.25) is 0 Å². The minimum absolute atomic E-state index is 0.243. The highest BCUT2D eigenvalue weighted by Gasteiger charge is 2.34. The summed E-state index contributed by atoms with van der Waals surface area (Å²) < 4.78 is 5.17. The second-order valence-electron chi connectivity index (χ2n) is 5.03. The molecule has 1 heterocycles. The quantitative estimate of drug-likeness (QED) is 0.799. The Morgan fingerprint density at radius 1 is 1.09 bits per heavy atom. The maximum Gasteiger partial charge on any atom is 0.293 e. The summed E-state index contributed by atoms with van der Waals surface area (Å²) in [7, 11) is 1.59. The summed E-state index contributed by atoms with van der Waals surface area (Å²) in [4.78, 5) is 26.3. The number of carbonyl (C=O) groups excluding carboxylic acids is 2. The lowest BCUT2D eigenvalue weighted by Crippen LogP contribution is -2.27. The summed E-state index contributed by atoms with van der Waals surface area (Å²) in [5.41, 5.74) is 1.76. The summed E-state index contributed by atoms with van der Waals surface area (Å²) >= 11 is 0.967. The van der Waals surface area contributed by atoms with Crippen molar-refractivity contribution in [3.8, 4) is 5.75 Å². The molecule has 0 radical (unpaired) electrons. The fourth-order valence-corrected chi connectivity index (χ4v) is 3.12. The molecule has 1 fully saturated rings. The summed E-state index contributed by atoms with van der Waals surface area (Å²) in [6.45, 7) is 0.293. The standard InChI is InChI=1S/C18H15NO3S/c1-22-15-9-5-8-14(10-15)11-16-17(20)19(18(21)23-16)12-13-6-3-2-4-7-13/h2-11H,12H2,1H3/b16-11+. The Hall–Kier alpha value is -2.53. The Morgan fingerprint density at radius 2 is 1.87 bits per heavy atom. The summed E-state index contributed by atoms with van der Waals surface area (Å²) in [5.74, 6) is 0.453. The highest BCUT2D eigenvalue weighted by atomic mass is 32.2. The number of methoxy groups -OCH3 is 1. The monoisotopic (exact) mass is 325 g/mol. The van der Waals surface area contributed by atoms with Crippen molar-refractivity contribution in [1.82, 2.24) is 4.90 Å². The van der Waals surface area contributed by atoms with Gasteiger partial charge in [0, 0.05) is 0 Å². The zero-order valence-electron chi connectivity index (χ0n) is 12.6. The van der Waals surface area contributed by atoms with Crippen LogP contribution in [0.25, 0.3) is 6.08 Å². The number of ether oxygens (including phenoxy) is 1. The van der Waals surface area contributed by atoms with Gasteiger partial charge in [0.1, 0.15) is 5.75 Å². The fourth-order valence-electron chi connectivity index (χ4n) is 2.28. The molecule has 0 aromatic heterocycles. The fraction of sp³-hybridized carbons (Fsp3) is 0.111. The second-order valence-corrected chi connectivity index (χ2v) is 6.02. The molecule has 2 aromatic rings. The first-order valence-electron chi connectivity index (χ1n) is 7.11. The van der Waals surface area contributed by atoms with E-state index in [0.29, 0.717) is 17.2 Å². The van der Waals surface area contributed by atoms with Gasteiger partial charge in [-0.25, -0.2) is 0 Å². The SMILES string of the molecule is COc1cccc(/C=C2/SC(=O)N(Cc3ccccc3)C2=O)c1. The summed E-state index contributed by atoms with van der Waals surface area (Å²) in [6, 6.07) is 16.8. The summed E-state index contributed by atoms with van der Waals surface area (Å²) in [6.07, 6.45) is 1.72. The average molecular weight is 325 g/mol. The number of carbonyl (C=O) groups is 2. The number of hydrogen-bond acceptors (Lipinski definition) is 4. The number of amides is 2. The predicted molar refractivity (Wildman–Crippen MR) is 91.0 cm³/mol. The van der Waals surface area contributed by atoms with E-state index in [1.165, 1.54) is 4.90 Å². The first-order valence-corrected chi connectivity index (χ1v) is 7.92. The second kappa shape index (κ2) is 6.71. The van der Waals surface area contributed by atoms with E-state index in [4.69, 9.17) is 4.74 Å². The van der Waals surface area contributed by atoms with Gasteiger partial charge in [-0.15, -0.1) is 0 Å². The molecule has 5 heteroatoms. The van der Waals surface area contributed by atoms with E-state index in [1.807, 2.05) is 54.6 Å². The van der Waals surface area contributed by atoms with E-state index in [9.17, 15) is 9.59 Å². The van der Waals surface area contributed by atoms with Crippen molar-refractivity contribution < 1.29 is 14.3 Å². The minimum atomic E-state index is -0.258. The van der Waals surface area contributed by atoms with Crippen LogP contribution in [0.2, 0.25) is 0 Å². The van der Waals surface area contributed by atoms with E-state index in [0.717, 1.165) is 22.9 Å². The molecule has 0 spiro atoms. The number of rotatable bonds is 4.